The molecule has 0 aromatic carbocycles. The molecule has 0 spiro atoms. The average Bonchev–Trinajstić information content (AvgIpc) is 2.49. The topological polar surface area (TPSA) is 95.2 Å². The van der Waals surface area contributed by atoms with Crippen molar-refractivity contribution in [3.63, 3.8) is 0 Å². The van der Waals surface area contributed by atoms with E-state index in [1.807, 2.05) is 18.2 Å². The number of hydrogen-bond acceptors (Lipinski definition) is 7. The Labute approximate surface area is 110 Å². The van der Waals surface area contributed by atoms with Crippen molar-refractivity contribution < 1.29 is 9.47 Å². The van der Waals surface area contributed by atoms with Gasteiger partial charge in [0.05, 0.1) is 26.1 Å². The molecular formula is C12H15N5O2. The van der Waals surface area contributed by atoms with Crippen LogP contribution in [0, 0.1) is 0 Å². The molecule has 3 N–H and O–H groups in total. The number of nitrogens with two attached hydrogens (primary N) is 1. The number of pyridine rings is 1. The number of hydrazine groups is 1. The first kappa shape index (κ1) is 13.2. The maximum atomic E-state index is 5.59. The summed E-state index contributed by atoms with van der Waals surface area (Å²) in [5.74, 6) is 6.30. The summed E-state index contributed by atoms with van der Waals surface area (Å²) in [5, 5.41) is 0. The molecular weight excluding hydrogens is 246 g/mol. The standard InChI is InChI=1S/C12H15N5O2/c1-18-9-7-15-11(12(16-9)19-2)10(17-13)8-5-3-4-6-14-8/h3-7,10,17H,13H2,1-2H3. The molecule has 0 saturated heterocycles. The number of nitrogens with one attached hydrogen (secondary N) is 1. The maximum Gasteiger partial charge on any atom is 0.240 e. The van der Waals surface area contributed by atoms with Gasteiger partial charge in [-0.15, -0.1) is 0 Å². The predicted octanol–water partition coefficient (Wildman–Crippen LogP) is 0.441. The first-order valence-electron chi connectivity index (χ1n) is 5.62. The summed E-state index contributed by atoms with van der Waals surface area (Å²) in [6.07, 6.45) is 3.19. The second kappa shape index (κ2) is 6.07. The van der Waals surface area contributed by atoms with Crippen LogP contribution in [-0.2, 0) is 0 Å². The Balaban J connectivity index is 2.43. The summed E-state index contributed by atoms with van der Waals surface area (Å²) in [5.41, 5.74) is 3.93. The summed E-state index contributed by atoms with van der Waals surface area (Å²) in [4.78, 5) is 12.7. The maximum absolute atomic E-state index is 5.59. The molecule has 0 amide bonds. The zero-order valence-electron chi connectivity index (χ0n) is 10.7. The molecule has 0 aliphatic carbocycles. The summed E-state index contributed by atoms with van der Waals surface area (Å²) >= 11 is 0. The fourth-order valence-corrected chi connectivity index (χ4v) is 1.66. The molecule has 2 aromatic heterocycles. The van der Waals surface area contributed by atoms with Crippen molar-refractivity contribution in [3.8, 4) is 11.8 Å². The van der Waals surface area contributed by atoms with Gasteiger partial charge in [-0.05, 0) is 12.1 Å². The highest BCUT2D eigenvalue weighted by Gasteiger charge is 2.21. The lowest BCUT2D eigenvalue weighted by Crippen LogP contribution is -2.30. The van der Waals surface area contributed by atoms with Crippen molar-refractivity contribution in [1.29, 1.82) is 0 Å². The first-order chi connectivity index (χ1) is 9.30. The SMILES string of the molecule is COc1cnc(C(NN)c2ccccn2)c(OC)n1. The van der Waals surface area contributed by atoms with E-state index >= 15 is 0 Å². The minimum atomic E-state index is -0.408. The minimum absolute atomic E-state index is 0.341. The van der Waals surface area contributed by atoms with Crippen LogP contribution in [0.4, 0.5) is 0 Å². The lowest BCUT2D eigenvalue weighted by atomic mass is 10.1. The summed E-state index contributed by atoms with van der Waals surface area (Å²) in [6, 6.07) is 5.13. The number of nitrogens with zero attached hydrogens (tertiary/aromatic N) is 3. The van der Waals surface area contributed by atoms with Crippen LogP contribution in [0.2, 0.25) is 0 Å². The Morgan fingerprint density at radius 3 is 2.63 bits per heavy atom. The lowest BCUT2D eigenvalue weighted by molar-refractivity contribution is 0.352. The van der Waals surface area contributed by atoms with Gasteiger partial charge in [0.2, 0.25) is 11.8 Å². The van der Waals surface area contributed by atoms with Gasteiger partial charge in [0.15, 0.2) is 0 Å². The van der Waals surface area contributed by atoms with E-state index in [4.69, 9.17) is 15.3 Å². The molecule has 1 unspecified atom stereocenters. The predicted molar refractivity (Wildman–Crippen MR) is 68.5 cm³/mol. The Bertz CT molecular complexity index is 535. The van der Waals surface area contributed by atoms with Crippen LogP contribution in [0.3, 0.4) is 0 Å². The Morgan fingerprint density at radius 1 is 1.21 bits per heavy atom. The smallest absolute Gasteiger partial charge is 0.240 e. The molecule has 0 fully saturated rings. The summed E-state index contributed by atoms with van der Waals surface area (Å²) in [6.45, 7) is 0. The van der Waals surface area contributed by atoms with E-state index in [2.05, 4.69) is 20.4 Å². The van der Waals surface area contributed by atoms with Crippen molar-refractivity contribution in [2.75, 3.05) is 14.2 Å². The fourth-order valence-electron chi connectivity index (χ4n) is 1.66. The monoisotopic (exact) mass is 261 g/mol. The highest BCUT2D eigenvalue weighted by Crippen LogP contribution is 2.26. The van der Waals surface area contributed by atoms with Crippen LogP contribution in [-0.4, -0.2) is 29.2 Å². The van der Waals surface area contributed by atoms with Gasteiger partial charge in [-0.1, -0.05) is 6.07 Å². The molecule has 1 atom stereocenters. The minimum Gasteiger partial charge on any atom is -0.480 e. The van der Waals surface area contributed by atoms with Crippen molar-refractivity contribution in [2.45, 2.75) is 6.04 Å². The van der Waals surface area contributed by atoms with E-state index in [1.54, 1.807) is 6.20 Å². The van der Waals surface area contributed by atoms with Crippen LogP contribution in [0.25, 0.3) is 0 Å². The normalized spacial score (nSPS) is 11.9. The van der Waals surface area contributed by atoms with E-state index in [-0.39, 0.29) is 0 Å². The number of aromatic nitrogens is 3. The highest BCUT2D eigenvalue weighted by atomic mass is 16.5. The molecule has 0 saturated carbocycles. The van der Waals surface area contributed by atoms with Crippen molar-refractivity contribution in [1.82, 2.24) is 20.4 Å². The molecule has 0 radical (unpaired) electrons. The Kier molecular flexibility index (Phi) is 4.22. The van der Waals surface area contributed by atoms with Crippen LogP contribution >= 0.6 is 0 Å². The number of ether oxygens (including phenoxy) is 2. The molecule has 7 heteroatoms. The molecule has 7 nitrogen and oxygen atoms in total. The molecule has 0 aliphatic heterocycles. The Morgan fingerprint density at radius 2 is 2.05 bits per heavy atom. The van der Waals surface area contributed by atoms with Gasteiger partial charge >= 0.3 is 0 Å². The second-order valence-electron chi connectivity index (χ2n) is 3.66. The molecule has 19 heavy (non-hydrogen) atoms. The largest absolute Gasteiger partial charge is 0.480 e. The van der Waals surface area contributed by atoms with Gasteiger partial charge in [0, 0.05) is 6.20 Å². The summed E-state index contributed by atoms with van der Waals surface area (Å²) in [7, 11) is 3.03. The third kappa shape index (κ3) is 2.78. The van der Waals surface area contributed by atoms with E-state index in [9.17, 15) is 0 Å². The third-order valence-corrected chi connectivity index (χ3v) is 2.57. The van der Waals surface area contributed by atoms with Crippen molar-refractivity contribution >= 4 is 0 Å². The molecule has 0 aliphatic rings. The van der Waals surface area contributed by atoms with Gasteiger partial charge in [-0.25, -0.2) is 10.4 Å². The highest BCUT2D eigenvalue weighted by molar-refractivity contribution is 5.31. The number of methoxy groups -OCH3 is 2. The van der Waals surface area contributed by atoms with Crippen LogP contribution in [0.5, 0.6) is 11.8 Å². The van der Waals surface area contributed by atoms with E-state index in [0.29, 0.717) is 17.5 Å². The zero-order valence-corrected chi connectivity index (χ0v) is 10.7. The summed E-state index contributed by atoms with van der Waals surface area (Å²) < 4.78 is 10.2. The Hall–Kier alpha value is -2.25. The molecule has 2 rings (SSSR count). The van der Waals surface area contributed by atoms with Crippen LogP contribution < -0.4 is 20.7 Å². The second-order valence-corrected chi connectivity index (χ2v) is 3.66. The van der Waals surface area contributed by atoms with Crippen LogP contribution in [0.15, 0.2) is 30.6 Å². The van der Waals surface area contributed by atoms with Gasteiger partial charge in [-0.3, -0.25) is 10.8 Å². The van der Waals surface area contributed by atoms with Gasteiger partial charge in [0.1, 0.15) is 11.7 Å². The molecule has 100 valence electrons. The van der Waals surface area contributed by atoms with E-state index in [0.717, 1.165) is 5.69 Å². The zero-order chi connectivity index (χ0) is 13.7. The van der Waals surface area contributed by atoms with Crippen molar-refractivity contribution in [3.05, 3.63) is 42.0 Å². The quantitative estimate of drug-likeness (QED) is 0.595. The van der Waals surface area contributed by atoms with Crippen LogP contribution in [0.1, 0.15) is 17.4 Å². The molecule has 0 bridgehead atoms. The van der Waals surface area contributed by atoms with Gasteiger partial charge in [0.25, 0.3) is 0 Å². The van der Waals surface area contributed by atoms with Gasteiger partial charge < -0.3 is 9.47 Å². The van der Waals surface area contributed by atoms with E-state index < -0.39 is 6.04 Å². The van der Waals surface area contributed by atoms with Gasteiger partial charge in [-0.2, -0.15) is 4.98 Å². The lowest BCUT2D eigenvalue weighted by Gasteiger charge is -2.17. The number of hydrogen-bond donors (Lipinski definition) is 2. The molecule has 2 aromatic rings. The van der Waals surface area contributed by atoms with Crippen molar-refractivity contribution in [2.24, 2.45) is 5.84 Å². The fraction of sp³-hybridized carbons (Fsp3) is 0.250. The third-order valence-electron chi connectivity index (χ3n) is 2.57. The number of rotatable bonds is 5. The van der Waals surface area contributed by atoms with E-state index in [1.165, 1.54) is 20.4 Å². The average molecular weight is 261 g/mol. The first-order valence-corrected chi connectivity index (χ1v) is 5.62. The molecule has 2 heterocycles.